The molecule has 6 nitrogen and oxygen atoms in total. The number of carbonyl (C=O) groups is 2. The van der Waals surface area contributed by atoms with Crippen molar-refractivity contribution < 1.29 is 14.3 Å². The van der Waals surface area contributed by atoms with Crippen LogP contribution in [0.1, 0.15) is 26.3 Å². The Kier molecular flexibility index (Phi) is 6.96. The number of morpholine rings is 1. The summed E-state index contributed by atoms with van der Waals surface area (Å²) in [6.45, 7) is 5.10. The lowest BCUT2D eigenvalue weighted by atomic mass is 10.1. The third kappa shape index (κ3) is 5.91. The molecule has 0 bridgehead atoms. The van der Waals surface area contributed by atoms with Gasteiger partial charge < -0.3 is 15.4 Å². The van der Waals surface area contributed by atoms with E-state index in [1.807, 2.05) is 30.3 Å². The van der Waals surface area contributed by atoms with Gasteiger partial charge in [-0.05, 0) is 23.8 Å². The van der Waals surface area contributed by atoms with Crippen molar-refractivity contribution in [2.45, 2.75) is 6.54 Å². The van der Waals surface area contributed by atoms with Crippen LogP contribution in [0.15, 0.2) is 54.6 Å². The first-order chi connectivity index (χ1) is 13.2. The Labute approximate surface area is 159 Å². The van der Waals surface area contributed by atoms with E-state index in [0.29, 0.717) is 24.2 Å². The summed E-state index contributed by atoms with van der Waals surface area (Å²) in [6, 6.07) is 16.5. The van der Waals surface area contributed by atoms with Crippen molar-refractivity contribution in [1.29, 1.82) is 0 Å². The number of benzene rings is 2. The lowest BCUT2D eigenvalue weighted by Crippen LogP contribution is -2.41. The van der Waals surface area contributed by atoms with Crippen LogP contribution in [0.3, 0.4) is 0 Å². The van der Waals surface area contributed by atoms with Crippen molar-refractivity contribution in [2.75, 3.05) is 39.4 Å². The van der Waals surface area contributed by atoms with Gasteiger partial charge >= 0.3 is 0 Å². The first kappa shape index (κ1) is 19.1. The van der Waals surface area contributed by atoms with Crippen molar-refractivity contribution in [2.24, 2.45) is 0 Å². The molecule has 2 aromatic rings. The van der Waals surface area contributed by atoms with E-state index in [0.717, 1.165) is 38.4 Å². The maximum Gasteiger partial charge on any atom is 0.251 e. The predicted molar refractivity (Wildman–Crippen MR) is 104 cm³/mol. The molecule has 1 saturated heterocycles. The molecular weight excluding hydrogens is 342 g/mol. The van der Waals surface area contributed by atoms with Gasteiger partial charge in [-0.3, -0.25) is 14.5 Å². The lowest BCUT2D eigenvalue weighted by molar-refractivity contribution is 0.0383. The molecule has 0 unspecified atom stereocenters. The van der Waals surface area contributed by atoms with Gasteiger partial charge in [-0.25, -0.2) is 0 Å². The Morgan fingerprint density at radius 3 is 2.26 bits per heavy atom. The molecule has 2 N–H and O–H groups in total. The Hall–Kier alpha value is -2.70. The SMILES string of the molecule is O=C(NCCN1CCOCC1)c1cccc(C(=O)NCc2ccccc2)c1. The van der Waals surface area contributed by atoms with Crippen LogP contribution in [0.4, 0.5) is 0 Å². The van der Waals surface area contributed by atoms with E-state index in [9.17, 15) is 9.59 Å². The van der Waals surface area contributed by atoms with Gasteiger partial charge in [0.1, 0.15) is 0 Å². The summed E-state index contributed by atoms with van der Waals surface area (Å²) in [4.78, 5) is 27.0. The molecule has 27 heavy (non-hydrogen) atoms. The Bertz CT molecular complexity index is 758. The van der Waals surface area contributed by atoms with Gasteiger partial charge in [0.25, 0.3) is 11.8 Å². The van der Waals surface area contributed by atoms with Gasteiger partial charge in [-0.1, -0.05) is 36.4 Å². The molecule has 1 fully saturated rings. The van der Waals surface area contributed by atoms with Crippen LogP contribution < -0.4 is 10.6 Å². The molecule has 0 spiro atoms. The summed E-state index contributed by atoms with van der Waals surface area (Å²) in [5, 5.41) is 5.80. The monoisotopic (exact) mass is 367 g/mol. The third-order valence-corrected chi connectivity index (χ3v) is 4.50. The van der Waals surface area contributed by atoms with Gasteiger partial charge in [0, 0.05) is 43.9 Å². The highest BCUT2D eigenvalue weighted by Gasteiger charge is 2.12. The van der Waals surface area contributed by atoms with E-state index in [1.54, 1.807) is 24.3 Å². The van der Waals surface area contributed by atoms with Gasteiger partial charge in [0.15, 0.2) is 0 Å². The summed E-state index contributed by atoms with van der Waals surface area (Å²) in [5.74, 6) is -0.359. The number of nitrogens with one attached hydrogen (secondary N) is 2. The molecule has 0 saturated carbocycles. The average molecular weight is 367 g/mol. The summed E-state index contributed by atoms with van der Waals surface area (Å²) in [6.07, 6.45) is 0. The van der Waals surface area contributed by atoms with E-state index in [-0.39, 0.29) is 11.8 Å². The van der Waals surface area contributed by atoms with Crippen LogP contribution in [0.2, 0.25) is 0 Å². The highest BCUT2D eigenvalue weighted by atomic mass is 16.5. The first-order valence-electron chi connectivity index (χ1n) is 9.23. The lowest BCUT2D eigenvalue weighted by Gasteiger charge is -2.26. The number of carbonyl (C=O) groups excluding carboxylic acids is 2. The molecule has 2 aromatic carbocycles. The smallest absolute Gasteiger partial charge is 0.251 e. The van der Waals surface area contributed by atoms with Crippen LogP contribution in [0, 0.1) is 0 Å². The number of rotatable bonds is 7. The maximum absolute atomic E-state index is 12.4. The minimum atomic E-state index is -0.193. The fourth-order valence-electron chi connectivity index (χ4n) is 2.94. The molecule has 0 radical (unpaired) electrons. The van der Waals surface area contributed by atoms with Crippen molar-refractivity contribution >= 4 is 11.8 Å². The fraction of sp³-hybridized carbons (Fsp3) is 0.333. The molecule has 2 amide bonds. The van der Waals surface area contributed by atoms with E-state index in [4.69, 9.17) is 4.74 Å². The second-order valence-electron chi connectivity index (χ2n) is 6.46. The standard InChI is InChI=1S/C21H25N3O3/c25-20(22-9-10-24-11-13-27-14-12-24)18-7-4-8-19(15-18)21(26)23-16-17-5-2-1-3-6-17/h1-8,15H,9-14,16H2,(H,22,25)(H,23,26). The zero-order valence-electron chi connectivity index (χ0n) is 15.3. The first-order valence-corrected chi connectivity index (χ1v) is 9.23. The summed E-state index contributed by atoms with van der Waals surface area (Å²) in [7, 11) is 0. The minimum absolute atomic E-state index is 0.166. The second-order valence-corrected chi connectivity index (χ2v) is 6.46. The highest BCUT2D eigenvalue weighted by Crippen LogP contribution is 2.06. The Morgan fingerprint density at radius 1 is 0.889 bits per heavy atom. The van der Waals surface area contributed by atoms with Gasteiger partial charge in [-0.15, -0.1) is 0 Å². The zero-order chi connectivity index (χ0) is 18.9. The minimum Gasteiger partial charge on any atom is -0.379 e. The van der Waals surface area contributed by atoms with Crippen LogP contribution in [-0.2, 0) is 11.3 Å². The number of hydrogen-bond donors (Lipinski definition) is 2. The van der Waals surface area contributed by atoms with Crippen LogP contribution >= 0.6 is 0 Å². The summed E-state index contributed by atoms with van der Waals surface area (Å²) < 4.78 is 5.31. The van der Waals surface area contributed by atoms with E-state index >= 15 is 0 Å². The average Bonchev–Trinajstić information content (AvgIpc) is 2.73. The van der Waals surface area contributed by atoms with E-state index < -0.39 is 0 Å². The topological polar surface area (TPSA) is 70.7 Å². The van der Waals surface area contributed by atoms with Crippen LogP contribution in [0.25, 0.3) is 0 Å². The zero-order valence-corrected chi connectivity index (χ0v) is 15.3. The number of amides is 2. The van der Waals surface area contributed by atoms with Crippen LogP contribution in [0.5, 0.6) is 0 Å². The molecule has 6 heteroatoms. The van der Waals surface area contributed by atoms with Crippen molar-refractivity contribution in [3.05, 3.63) is 71.3 Å². The second kappa shape index (κ2) is 9.85. The number of ether oxygens (including phenoxy) is 1. The molecule has 1 heterocycles. The van der Waals surface area contributed by atoms with Crippen molar-refractivity contribution in [1.82, 2.24) is 15.5 Å². The quantitative estimate of drug-likeness (QED) is 0.781. The normalized spacial score (nSPS) is 14.5. The molecule has 3 rings (SSSR count). The molecular formula is C21H25N3O3. The van der Waals surface area contributed by atoms with E-state index in [2.05, 4.69) is 15.5 Å². The molecule has 0 aromatic heterocycles. The molecule has 0 atom stereocenters. The van der Waals surface area contributed by atoms with Crippen LogP contribution in [-0.4, -0.2) is 56.1 Å². The maximum atomic E-state index is 12.4. The van der Waals surface area contributed by atoms with Crippen molar-refractivity contribution in [3.8, 4) is 0 Å². The Morgan fingerprint density at radius 2 is 1.56 bits per heavy atom. The van der Waals surface area contributed by atoms with Gasteiger partial charge in [-0.2, -0.15) is 0 Å². The highest BCUT2D eigenvalue weighted by molar-refractivity contribution is 5.99. The molecule has 1 aliphatic heterocycles. The number of nitrogens with zero attached hydrogens (tertiary/aromatic N) is 1. The molecule has 0 aliphatic carbocycles. The predicted octanol–water partition coefficient (Wildman–Crippen LogP) is 1.68. The molecule has 142 valence electrons. The third-order valence-electron chi connectivity index (χ3n) is 4.50. The van der Waals surface area contributed by atoms with Crippen molar-refractivity contribution in [3.63, 3.8) is 0 Å². The summed E-state index contributed by atoms with van der Waals surface area (Å²) >= 11 is 0. The largest absolute Gasteiger partial charge is 0.379 e. The fourth-order valence-corrected chi connectivity index (χ4v) is 2.94. The van der Waals surface area contributed by atoms with Gasteiger partial charge in [0.2, 0.25) is 0 Å². The Balaban J connectivity index is 1.49. The van der Waals surface area contributed by atoms with E-state index in [1.165, 1.54) is 0 Å². The molecule has 1 aliphatic rings. The number of hydrogen-bond acceptors (Lipinski definition) is 4. The van der Waals surface area contributed by atoms with Gasteiger partial charge in [0.05, 0.1) is 13.2 Å². The summed E-state index contributed by atoms with van der Waals surface area (Å²) in [5.41, 5.74) is 2.00.